The van der Waals surface area contributed by atoms with Gasteiger partial charge in [-0.2, -0.15) is 9.97 Å². The van der Waals surface area contributed by atoms with Crippen LogP contribution < -0.4 is 24.3 Å². The number of nitrogens with one attached hydrogen (secondary N) is 1. The summed E-state index contributed by atoms with van der Waals surface area (Å²) < 4.78 is 22.9. The molecule has 2 aromatic heterocycles. The number of nitrogens with zero attached hydrogens (tertiary/aromatic N) is 2. The van der Waals surface area contributed by atoms with E-state index in [1.165, 1.54) is 14.2 Å². The molecule has 2 heterocycles. The summed E-state index contributed by atoms with van der Waals surface area (Å²) in [4.78, 5) is 30.6. The number of methoxy groups -OCH3 is 2. The molecule has 0 saturated heterocycles. The summed E-state index contributed by atoms with van der Waals surface area (Å²) in [5.74, 6) is -1.68. The Balaban J connectivity index is 1.46. The number of aromatic nitrogens is 2. The van der Waals surface area contributed by atoms with Gasteiger partial charge in [0.2, 0.25) is 23.5 Å². The number of carboxylic acids is 2. The topological polar surface area (TPSA) is 190 Å². The van der Waals surface area contributed by atoms with Crippen LogP contribution in [0.3, 0.4) is 0 Å². The molecule has 0 aliphatic heterocycles. The molecular weight excluding hydrogens is 717 g/mol. The van der Waals surface area contributed by atoms with E-state index in [1.54, 1.807) is 12.1 Å². The van der Waals surface area contributed by atoms with Gasteiger partial charge in [-0.1, -0.05) is 59.6 Å². The van der Waals surface area contributed by atoms with Gasteiger partial charge in [0.05, 0.1) is 14.2 Å². The van der Waals surface area contributed by atoms with Crippen LogP contribution in [-0.2, 0) is 35.8 Å². The molecule has 278 valence electrons. The Morgan fingerprint density at radius 3 is 1.69 bits per heavy atom. The van der Waals surface area contributed by atoms with Crippen molar-refractivity contribution in [3.05, 3.63) is 92.0 Å². The van der Waals surface area contributed by atoms with Crippen LogP contribution in [-0.4, -0.2) is 75.3 Å². The lowest BCUT2D eigenvalue weighted by Crippen LogP contribution is -2.32. The van der Waals surface area contributed by atoms with Crippen LogP contribution in [0.15, 0.2) is 48.5 Å². The van der Waals surface area contributed by atoms with Gasteiger partial charge < -0.3 is 44.7 Å². The first-order valence-corrected chi connectivity index (χ1v) is 17.0. The third-order valence-corrected chi connectivity index (χ3v) is 8.95. The summed E-state index contributed by atoms with van der Waals surface area (Å²) in [6.07, 6.45) is -2.09. The van der Waals surface area contributed by atoms with E-state index in [0.717, 1.165) is 33.4 Å². The summed E-state index contributed by atoms with van der Waals surface area (Å²) in [5.41, 5.74) is 7.04. The number of pyridine rings is 2. The lowest BCUT2D eigenvalue weighted by molar-refractivity contribution is -0.147. The predicted octanol–water partition coefficient (Wildman–Crippen LogP) is 5.55. The van der Waals surface area contributed by atoms with Crippen molar-refractivity contribution < 1.29 is 49.0 Å². The van der Waals surface area contributed by atoms with E-state index in [9.17, 15) is 19.8 Å². The molecule has 2 atom stereocenters. The van der Waals surface area contributed by atoms with Crippen molar-refractivity contribution in [3.63, 3.8) is 0 Å². The van der Waals surface area contributed by atoms with Gasteiger partial charge >= 0.3 is 11.9 Å². The number of ether oxygens (including phenoxy) is 4. The number of aliphatic carboxylic acids is 2. The fourth-order valence-corrected chi connectivity index (χ4v) is 5.90. The van der Waals surface area contributed by atoms with Crippen LogP contribution in [0.1, 0.15) is 46.2 Å². The average molecular weight is 759 g/mol. The largest absolute Gasteiger partial charge is 0.481 e. The lowest BCUT2D eigenvalue weighted by Gasteiger charge is -2.18. The van der Waals surface area contributed by atoms with E-state index >= 15 is 0 Å². The Labute approximate surface area is 311 Å². The normalized spacial score (nSPS) is 12.2. The molecule has 4 aromatic rings. The van der Waals surface area contributed by atoms with Crippen molar-refractivity contribution in [2.45, 2.75) is 65.1 Å². The predicted molar refractivity (Wildman–Crippen MR) is 194 cm³/mol. The minimum atomic E-state index is -1.55. The summed E-state index contributed by atoms with van der Waals surface area (Å²) >= 11 is 13.0. The Kier molecular flexibility index (Phi) is 14.4. The molecule has 0 saturated carbocycles. The van der Waals surface area contributed by atoms with Gasteiger partial charge in [-0.05, 0) is 78.6 Å². The Bertz CT molecular complexity index is 1760. The van der Waals surface area contributed by atoms with Gasteiger partial charge in [0.1, 0.15) is 23.3 Å². The molecule has 52 heavy (non-hydrogen) atoms. The number of carbonyl (C=O) groups is 2. The van der Waals surface area contributed by atoms with E-state index < -0.39 is 24.1 Å². The lowest BCUT2D eigenvalue weighted by atomic mass is 9.92. The summed E-state index contributed by atoms with van der Waals surface area (Å²) in [6, 6.07) is 15.2. The molecule has 4 rings (SSSR count). The standard InChI is InChI=1S/C37H41Cl2N3O10/c1-20-23(18-51-34-28(38)14-22(32(41-34)49-3)8-7-13-30(43)36(45)46)9-5-11-26(20)27-12-6-10-24(21(27)2)19-52-35-29(39)15-25(33(42-35)50-4)16-40-17-31(44)37(47)48/h5-6,9-12,14-15,30-31,40,43-44H,7-8,13,16-19H2,1-4H3,(H,45,46)(H,47,48)/t30-,31-/m0/s1. The Morgan fingerprint density at radius 2 is 1.21 bits per heavy atom. The van der Waals surface area contributed by atoms with Gasteiger partial charge in [0.25, 0.3) is 0 Å². The molecule has 15 heteroatoms. The number of carboxylic acid groups (broad SMARTS) is 2. The zero-order valence-electron chi connectivity index (χ0n) is 29.1. The number of aliphatic hydroxyl groups excluding tert-OH is 2. The molecule has 0 bridgehead atoms. The van der Waals surface area contributed by atoms with Gasteiger partial charge in [0, 0.05) is 24.2 Å². The quantitative estimate of drug-likeness (QED) is 0.0802. The highest BCUT2D eigenvalue weighted by molar-refractivity contribution is 6.32. The second-order valence-electron chi connectivity index (χ2n) is 11.9. The van der Waals surface area contributed by atoms with Crippen LogP contribution in [0.5, 0.6) is 23.5 Å². The van der Waals surface area contributed by atoms with Crippen LogP contribution in [0.25, 0.3) is 11.1 Å². The van der Waals surface area contributed by atoms with Crippen molar-refractivity contribution in [3.8, 4) is 34.6 Å². The summed E-state index contributed by atoms with van der Waals surface area (Å²) in [6.45, 7) is 4.36. The van der Waals surface area contributed by atoms with Crippen molar-refractivity contribution in [2.75, 3.05) is 20.8 Å². The molecule has 0 aliphatic rings. The number of halogens is 2. The maximum atomic E-state index is 10.9. The highest BCUT2D eigenvalue weighted by atomic mass is 35.5. The van der Waals surface area contributed by atoms with Crippen LogP contribution >= 0.6 is 23.2 Å². The Hall–Kier alpha value is -4.66. The van der Waals surface area contributed by atoms with Crippen molar-refractivity contribution in [1.29, 1.82) is 0 Å². The zero-order valence-corrected chi connectivity index (χ0v) is 30.6. The first-order chi connectivity index (χ1) is 24.8. The van der Waals surface area contributed by atoms with Crippen molar-refractivity contribution in [2.24, 2.45) is 0 Å². The fraction of sp³-hybridized carbons (Fsp3) is 0.351. The third-order valence-electron chi connectivity index (χ3n) is 8.41. The highest BCUT2D eigenvalue weighted by Gasteiger charge is 2.19. The van der Waals surface area contributed by atoms with Gasteiger partial charge in [-0.3, -0.25) is 0 Å². The number of rotatable bonds is 19. The second-order valence-corrected chi connectivity index (χ2v) is 12.7. The average Bonchev–Trinajstić information content (AvgIpc) is 3.11. The molecule has 0 fully saturated rings. The highest BCUT2D eigenvalue weighted by Crippen LogP contribution is 2.34. The second kappa shape index (κ2) is 18.7. The summed E-state index contributed by atoms with van der Waals surface area (Å²) in [5, 5.41) is 40.2. The Morgan fingerprint density at radius 1 is 0.731 bits per heavy atom. The minimum Gasteiger partial charge on any atom is -0.481 e. The van der Waals surface area contributed by atoms with Crippen LogP contribution in [0.4, 0.5) is 0 Å². The number of hydrogen-bond acceptors (Lipinski definition) is 11. The zero-order chi connectivity index (χ0) is 37.9. The molecule has 0 unspecified atom stereocenters. The monoisotopic (exact) mass is 757 g/mol. The number of hydrogen-bond donors (Lipinski definition) is 5. The third kappa shape index (κ3) is 10.2. The van der Waals surface area contributed by atoms with Gasteiger partial charge in [0.15, 0.2) is 12.2 Å². The summed E-state index contributed by atoms with van der Waals surface area (Å²) in [7, 11) is 2.92. The SMILES string of the molecule is COc1nc(OCc2cccc(-c3cccc(COc4nc(OC)c(CNC[C@H](O)C(=O)O)cc4Cl)c3C)c2C)c(Cl)cc1CCC[C@H](O)C(=O)O. The number of benzene rings is 2. The molecule has 2 aromatic carbocycles. The van der Waals surface area contributed by atoms with Gasteiger partial charge in [-0.25, -0.2) is 9.59 Å². The van der Waals surface area contributed by atoms with Crippen molar-refractivity contribution in [1.82, 2.24) is 15.3 Å². The molecule has 0 aliphatic carbocycles. The smallest absolute Gasteiger partial charge is 0.333 e. The molecule has 13 nitrogen and oxygen atoms in total. The van der Waals surface area contributed by atoms with Crippen LogP contribution in [0, 0.1) is 13.8 Å². The molecule has 0 amide bonds. The number of aliphatic hydroxyl groups is 2. The fourth-order valence-electron chi connectivity index (χ4n) is 5.45. The van der Waals surface area contributed by atoms with Crippen molar-refractivity contribution >= 4 is 35.1 Å². The van der Waals surface area contributed by atoms with Crippen LogP contribution in [0.2, 0.25) is 10.0 Å². The molecule has 0 radical (unpaired) electrons. The van der Waals surface area contributed by atoms with E-state index in [-0.39, 0.29) is 60.4 Å². The van der Waals surface area contributed by atoms with E-state index in [4.69, 9.17) is 52.4 Å². The molecule has 0 spiro atoms. The molecule has 5 N–H and O–H groups in total. The maximum Gasteiger partial charge on any atom is 0.333 e. The van der Waals surface area contributed by atoms with E-state index in [1.807, 2.05) is 50.2 Å². The molecular formula is C37H41Cl2N3O10. The number of aryl methyl sites for hydroxylation is 1. The maximum absolute atomic E-state index is 10.9. The first kappa shape index (κ1) is 40.1. The van der Waals surface area contributed by atoms with E-state index in [0.29, 0.717) is 29.8 Å². The minimum absolute atomic E-state index is 0.0829. The first-order valence-electron chi connectivity index (χ1n) is 16.3. The van der Waals surface area contributed by atoms with Gasteiger partial charge in [-0.15, -0.1) is 0 Å². The van der Waals surface area contributed by atoms with E-state index in [2.05, 4.69) is 15.3 Å².